The number of nitrogens with zero attached hydrogens (tertiary/aromatic N) is 1. The van der Waals surface area contributed by atoms with Gasteiger partial charge in [0, 0.05) is 5.39 Å². The number of hydrogen-bond acceptors (Lipinski definition) is 1. The number of benzene rings is 1. The number of fused-ring (bicyclic) bond motifs is 1. The highest BCUT2D eigenvalue weighted by Gasteiger charge is 2.05. The number of aromatic amines is 1. The monoisotopic (exact) mass is 214 g/mol. The highest BCUT2D eigenvalue weighted by molar-refractivity contribution is 9.10. The number of halogens is 2. The van der Waals surface area contributed by atoms with Crippen LogP contribution >= 0.6 is 15.9 Å². The molecule has 0 aliphatic heterocycles. The number of aromatic nitrogens is 2. The molecule has 56 valence electrons. The number of rotatable bonds is 0. The van der Waals surface area contributed by atoms with Crippen LogP contribution in [0.2, 0.25) is 0 Å². The van der Waals surface area contributed by atoms with E-state index in [9.17, 15) is 4.39 Å². The van der Waals surface area contributed by atoms with Crippen molar-refractivity contribution in [2.24, 2.45) is 0 Å². The molecule has 0 saturated carbocycles. The molecule has 0 bridgehead atoms. The summed E-state index contributed by atoms with van der Waals surface area (Å²) in [6.45, 7) is 0. The van der Waals surface area contributed by atoms with E-state index in [4.69, 9.17) is 0 Å². The number of nitrogens with one attached hydrogen (secondary N) is 1. The van der Waals surface area contributed by atoms with Crippen LogP contribution in [-0.2, 0) is 0 Å². The van der Waals surface area contributed by atoms with E-state index in [0.29, 0.717) is 9.99 Å². The maximum Gasteiger partial charge on any atom is 0.162 e. The normalized spacial score (nSPS) is 10.7. The Morgan fingerprint density at radius 2 is 2.27 bits per heavy atom. The third kappa shape index (κ3) is 0.939. The lowest BCUT2D eigenvalue weighted by molar-refractivity contribution is 0.630. The van der Waals surface area contributed by atoms with Crippen molar-refractivity contribution in [3.8, 4) is 0 Å². The molecule has 11 heavy (non-hydrogen) atoms. The molecule has 0 spiro atoms. The highest BCUT2D eigenvalue weighted by atomic mass is 79.9. The minimum Gasteiger partial charge on any atom is -0.275 e. The first-order valence-corrected chi connectivity index (χ1v) is 3.85. The van der Waals surface area contributed by atoms with Crippen LogP contribution in [0.5, 0.6) is 0 Å². The summed E-state index contributed by atoms with van der Waals surface area (Å²) < 4.78 is 13.6. The Kier molecular flexibility index (Phi) is 1.42. The molecule has 0 unspecified atom stereocenters. The Hall–Kier alpha value is -0.900. The largest absolute Gasteiger partial charge is 0.275 e. The molecule has 2 nitrogen and oxygen atoms in total. The van der Waals surface area contributed by atoms with E-state index in [2.05, 4.69) is 26.1 Å². The minimum atomic E-state index is -0.292. The zero-order chi connectivity index (χ0) is 7.84. The summed E-state index contributed by atoms with van der Waals surface area (Å²) in [6.07, 6.45) is 1.59. The van der Waals surface area contributed by atoms with Gasteiger partial charge in [0.05, 0.1) is 10.7 Å². The lowest BCUT2D eigenvalue weighted by Crippen LogP contribution is -1.79. The topological polar surface area (TPSA) is 28.7 Å². The fraction of sp³-hybridized carbons (Fsp3) is 0. The van der Waals surface area contributed by atoms with Gasteiger partial charge in [0.2, 0.25) is 0 Å². The van der Waals surface area contributed by atoms with E-state index < -0.39 is 0 Å². The molecule has 0 radical (unpaired) electrons. The quantitative estimate of drug-likeness (QED) is 0.718. The lowest BCUT2D eigenvalue weighted by Gasteiger charge is -1.93. The summed E-state index contributed by atoms with van der Waals surface area (Å²) in [5.74, 6) is -0.292. The molecule has 0 atom stereocenters. The fourth-order valence-electron chi connectivity index (χ4n) is 0.953. The Bertz CT molecular complexity index is 396. The molecule has 0 saturated heterocycles. The van der Waals surface area contributed by atoms with Gasteiger partial charge in [0.25, 0.3) is 0 Å². The summed E-state index contributed by atoms with van der Waals surface area (Å²) in [5, 5.41) is 7.07. The van der Waals surface area contributed by atoms with Crippen LogP contribution in [0.1, 0.15) is 0 Å². The molecule has 0 amide bonds. The lowest BCUT2D eigenvalue weighted by atomic mass is 10.2. The van der Waals surface area contributed by atoms with Gasteiger partial charge in [-0.3, -0.25) is 5.10 Å². The first kappa shape index (κ1) is 6.79. The molecule has 0 aliphatic carbocycles. The van der Waals surface area contributed by atoms with Gasteiger partial charge in [-0.25, -0.2) is 4.39 Å². The second kappa shape index (κ2) is 2.30. The van der Waals surface area contributed by atoms with Crippen molar-refractivity contribution in [1.82, 2.24) is 10.2 Å². The molecule has 0 fully saturated rings. The Morgan fingerprint density at radius 1 is 1.45 bits per heavy atom. The van der Waals surface area contributed by atoms with Crippen molar-refractivity contribution >= 4 is 26.8 Å². The average Bonchev–Trinajstić information content (AvgIpc) is 2.45. The third-order valence-corrected chi connectivity index (χ3v) is 2.12. The van der Waals surface area contributed by atoms with E-state index in [-0.39, 0.29) is 5.82 Å². The maximum atomic E-state index is 13.1. The van der Waals surface area contributed by atoms with Gasteiger partial charge in [-0.15, -0.1) is 0 Å². The van der Waals surface area contributed by atoms with Gasteiger partial charge in [0.1, 0.15) is 5.52 Å². The van der Waals surface area contributed by atoms with Crippen molar-refractivity contribution in [3.63, 3.8) is 0 Å². The van der Waals surface area contributed by atoms with Crippen molar-refractivity contribution in [2.75, 3.05) is 0 Å². The van der Waals surface area contributed by atoms with E-state index in [1.807, 2.05) is 0 Å². The molecular formula is C7H4BrFN2. The molecule has 1 aromatic carbocycles. The summed E-state index contributed by atoms with van der Waals surface area (Å²) in [4.78, 5) is 0. The second-order valence-electron chi connectivity index (χ2n) is 2.20. The van der Waals surface area contributed by atoms with Gasteiger partial charge >= 0.3 is 0 Å². The van der Waals surface area contributed by atoms with Crippen LogP contribution in [0.15, 0.2) is 22.8 Å². The first-order chi connectivity index (χ1) is 5.29. The summed E-state index contributed by atoms with van der Waals surface area (Å²) in [7, 11) is 0. The summed E-state index contributed by atoms with van der Waals surface area (Å²) >= 11 is 3.08. The van der Waals surface area contributed by atoms with Crippen LogP contribution < -0.4 is 0 Å². The maximum absolute atomic E-state index is 13.1. The van der Waals surface area contributed by atoms with Crippen molar-refractivity contribution < 1.29 is 4.39 Å². The molecular weight excluding hydrogens is 211 g/mol. The SMILES string of the molecule is Fc1c(Br)ccc2cn[nH]c12. The predicted octanol–water partition coefficient (Wildman–Crippen LogP) is 2.46. The Balaban J connectivity index is 2.93. The highest BCUT2D eigenvalue weighted by Crippen LogP contribution is 2.22. The van der Waals surface area contributed by atoms with Gasteiger partial charge in [-0.05, 0) is 28.1 Å². The van der Waals surface area contributed by atoms with Crippen molar-refractivity contribution in [1.29, 1.82) is 0 Å². The number of H-pyrrole nitrogens is 1. The van der Waals surface area contributed by atoms with E-state index in [0.717, 1.165) is 5.39 Å². The standard InChI is InChI=1S/C7H4BrFN2/c8-5-2-1-4-3-10-11-7(4)6(5)9/h1-3H,(H,10,11). The molecule has 2 aromatic rings. The van der Waals surface area contributed by atoms with E-state index >= 15 is 0 Å². The van der Waals surface area contributed by atoms with Crippen LogP contribution in [0.3, 0.4) is 0 Å². The van der Waals surface area contributed by atoms with E-state index in [1.54, 1.807) is 18.3 Å². The Labute approximate surface area is 70.5 Å². The number of hydrogen-bond donors (Lipinski definition) is 1. The van der Waals surface area contributed by atoms with Crippen molar-refractivity contribution in [2.45, 2.75) is 0 Å². The molecule has 1 heterocycles. The first-order valence-electron chi connectivity index (χ1n) is 3.06. The van der Waals surface area contributed by atoms with Gasteiger partial charge in [-0.2, -0.15) is 5.10 Å². The smallest absolute Gasteiger partial charge is 0.162 e. The van der Waals surface area contributed by atoms with E-state index in [1.165, 1.54) is 0 Å². The molecule has 1 N–H and O–H groups in total. The second-order valence-corrected chi connectivity index (χ2v) is 3.05. The van der Waals surface area contributed by atoms with Crippen LogP contribution in [0.25, 0.3) is 10.9 Å². The van der Waals surface area contributed by atoms with Gasteiger partial charge < -0.3 is 0 Å². The van der Waals surface area contributed by atoms with Crippen molar-refractivity contribution in [3.05, 3.63) is 28.6 Å². The summed E-state index contributed by atoms with van der Waals surface area (Å²) in [5.41, 5.74) is 0.444. The van der Waals surface area contributed by atoms with Gasteiger partial charge in [-0.1, -0.05) is 0 Å². The molecule has 2 rings (SSSR count). The van der Waals surface area contributed by atoms with Crippen LogP contribution in [-0.4, -0.2) is 10.2 Å². The molecule has 1 aromatic heterocycles. The predicted molar refractivity (Wildman–Crippen MR) is 43.8 cm³/mol. The minimum absolute atomic E-state index is 0.292. The van der Waals surface area contributed by atoms with Crippen LogP contribution in [0, 0.1) is 5.82 Å². The Morgan fingerprint density at radius 3 is 3.09 bits per heavy atom. The zero-order valence-electron chi connectivity index (χ0n) is 5.44. The molecule has 4 heteroatoms. The van der Waals surface area contributed by atoms with Crippen LogP contribution in [0.4, 0.5) is 4.39 Å². The fourth-order valence-corrected chi connectivity index (χ4v) is 1.28. The molecule has 0 aliphatic rings. The zero-order valence-corrected chi connectivity index (χ0v) is 7.02. The van der Waals surface area contributed by atoms with Gasteiger partial charge in [0.15, 0.2) is 5.82 Å². The summed E-state index contributed by atoms with van der Waals surface area (Å²) in [6, 6.07) is 3.46. The third-order valence-electron chi connectivity index (χ3n) is 1.51. The average molecular weight is 215 g/mol.